The molecule has 0 saturated heterocycles. The normalized spacial score (nSPS) is 12.6. The number of amides is 1. The second-order valence-corrected chi connectivity index (χ2v) is 5.83. The molecule has 2 N–H and O–H groups in total. The summed E-state index contributed by atoms with van der Waals surface area (Å²) < 4.78 is 10.7. The van der Waals surface area contributed by atoms with Crippen LogP contribution in [-0.2, 0) is 11.2 Å². The van der Waals surface area contributed by atoms with E-state index >= 15 is 0 Å². The molecule has 3 aromatic rings. The highest BCUT2D eigenvalue weighted by molar-refractivity contribution is 6.06. The lowest BCUT2D eigenvalue weighted by Crippen LogP contribution is -2.12. The number of aromatic amines is 1. The van der Waals surface area contributed by atoms with E-state index in [2.05, 4.69) is 16.4 Å². The van der Waals surface area contributed by atoms with Gasteiger partial charge < -0.3 is 19.8 Å². The molecular weight excluding hydrogens is 318 g/mol. The molecule has 0 saturated carbocycles. The fourth-order valence-corrected chi connectivity index (χ4v) is 3.27. The predicted octanol–water partition coefficient (Wildman–Crippen LogP) is 3.22. The number of hydrogen-bond donors (Lipinski definition) is 2. The minimum Gasteiger partial charge on any atom is -0.493 e. The molecule has 4 rings (SSSR count). The van der Waals surface area contributed by atoms with Crippen molar-refractivity contribution in [2.75, 3.05) is 19.5 Å². The Labute approximate surface area is 144 Å². The van der Waals surface area contributed by atoms with Crippen molar-refractivity contribution < 1.29 is 14.3 Å². The molecule has 0 bridgehead atoms. The number of benzene rings is 2. The van der Waals surface area contributed by atoms with Crippen LogP contribution >= 0.6 is 0 Å². The Morgan fingerprint density at radius 2 is 1.88 bits per heavy atom. The number of aromatic nitrogens is 1. The lowest BCUT2D eigenvalue weighted by Gasteiger charge is -2.13. The standard InChI is InChI=1S/C19H15N3O3/c1-24-16-6-13-15(8-17(16)25-2)21-18(23)7-12-11-5-10(9-20)3-4-14(11)22-19(12)13/h3-6,8,22H,7H2,1-2H3,(H,21,23). The Kier molecular flexibility index (Phi) is 3.36. The zero-order valence-electron chi connectivity index (χ0n) is 13.8. The van der Waals surface area contributed by atoms with Crippen molar-refractivity contribution in [2.45, 2.75) is 6.42 Å². The third kappa shape index (κ3) is 2.29. The molecule has 1 amide bonds. The Morgan fingerprint density at radius 1 is 1.12 bits per heavy atom. The molecule has 25 heavy (non-hydrogen) atoms. The first-order chi connectivity index (χ1) is 12.1. The molecule has 6 nitrogen and oxygen atoms in total. The topological polar surface area (TPSA) is 87.1 Å². The third-order valence-electron chi connectivity index (χ3n) is 4.44. The number of carbonyl (C=O) groups excluding carboxylic acids is 1. The summed E-state index contributed by atoms with van der Waals surface area (Å²) in [6.07, 6.45) is 0.226. The molecule has 1 aliphatic rings. The minimum atomic E-state index is -0.115. The number of ether oxygens (including phenoxy) is 2. The van der Waals surface area contributed by atoms with Gasteiger partial charge in [-0.3, -0.25) is 4.79 Å². The molecule has 2 heterocycles. The summed E-state index contributed by atoms with van der Waals surface area (Å²) >= 11 is 0. The van der Waals surface area contributed by atoms with Gasteiger partial charge in [-0.25, -0.2) is 0 Å². The molecule has 1 aromatic heterocycles. The van der Waals surface area contributed by atoms with Gasteiger partial charge in [0.05, 0.1) is 43.7 Å². The summed E-state index contributed by atoms with van der Waals surface area (Å²) in [5, 5.41) is 13.0. The molecule has 124 valence electrons. The maximum atomic E-state index is 12.4. The Balaban J connectivity index is 2.04. The Morgan fingerprint density at radius 3 is 2.60 bits per heavy atom. The van der Waals surface area contributed by atoms with Gasteiger partial charge in [0.25, 0.3) is 0 Å². The highest BCUT2D eigenvalue weighted by Crippen LogP contribution is 2.43. The van der Waals surface area contributed by atoms with E-state index in [0.29, 0.717) is 22.7 Å². The zero-order valence-corrected chi connectivity index (χ0v) is 13.8. The van der Waals surface area contributed by atoms with E-state index in [-0.39, 0.29) is 12.3 Å². The van der Waals surface area contributed by atoms with Gasteiger partial charge in [-0.05, 0) is 29.8 Å². The number of nitrogens with zero attached hydrogens (tertiary/aromatic N) is 1. The number of nitriles is 1. The van der Waals surface area contributed by atoms with Gasteiger partial charge in [-0.2, -0.15) is 5.26 Å². The van der Waals surface area contributed by atoms with Crippen molar-refractivity contribution in [3.05, 3.63) is 41.5 Å². The average Bonchev–Trinajstić information content (AvgIpc) is 2.91. The quantitative estimate of drug-likeness (QED) is 0.754. The van der Waals surface area contributed by atoms with E-state index in [1.165, 1.54) is 0 Å². The number of nitrogens with one attached hydrogen (secondary N) is 2. The van der Waals surface area contributed by atoms with E-state index in [4.69, 9.17) is 14.7 Å². The number of rotatable bonds is 2. The predicted molar refractivity (Wildman–Crippen MR) is 93.9 cm³/mol. The number of hydrogen-bond acceptors (Lipinski definition) is 4. The second-order valence-electron chi connectivity index (χ2n) is 5.83. The van der Waals surface area contributed by atoms with Gasteiger partial charge in [0.1, 0.15) is 0 Å². The van der Waals surface area contributed by atoms with E-state index < -0.39 is 0 Å². The molecule has 6 heteroatoms. The van der Waals surface area contributed by atoms with Crippen LogP contribution in [0, 0.1) is 11.3 Å². The van der Waals surface area contributed by atoms with E-state index in [0.717, 1.165) is 27.7 Å². The molecule has 0 aliphatic carbocycles. The van der Waals surface area contributed by atoms with Crippen LogP contribution in [0.15, 0.2) is 30.3 Å². The van der Waals surface area contributed by atoms with Crippen molar-refractivity contribution >= 4 is 22.5 Å². The number of methoxy groups -OCH3 is 2. The second kappa shape index (κ2) is 5.56. The first kappa shape index (κ1) is 15.1. The Hall–Kier alpha value is -3.46. The maximum absolute atomic E-state index is 12.4. The molecule has 0 unspecified atom stereocenters. The van der Waals surface area contributed by atoms with Gasteiger partial charge >= 0.3 is 0 Å². The fourth-order valence-electron chi connectivity index (χ4n) is 3.27. The summed E-state index contributed by atoms with van der Waals surface area (Å²) in [7, 11) is 3.13. The number of anilines is 1. The van der Waals surface area contributed by atoms with E-state index in [9.17, 15) is 4.79 Å². The lowest BCUT2D eigenvalue weighted by molar-refractivity contribution is -0.115. The largest absolute Gasteiger partial charge is 0.493 e. The maximum Gasteiger partial charge on any atom is 0.228 e. The fraction of sp³-hybridized carbons (Fsp3) is 0.158. The van der Waals surface area contributed by atoms with E-state index in [1.54, 1.807) is 26.4 Å². The summed E-state index contributed by atoms with van der Waals surface area (Å²) in [6, 6.07) is 11.2. The first-order valence-electron chi connectivity index (χ1n) is 7.75. The van der Waals surface area contributed by atoms with Crippen LogP contribution in [0.25, 0.3) is 22.2 Å². The van der Waals surface area contributed by atoms with Crippen LogP contribution in [0.4, 0.5) is 5.69 Å². The van der Waals surface area contributed by atoms with Crippen LogP contribution in [-0.4, -0.2) is 25.1 Å². The van der Waals surface area contributed by atoms with Crippen LogP contribution < -0.4 is 14.8 Å². The van der Waals surface area contributed by atoms with Crippen LogP contribution in [0.5, 0.6) is 11.5 Å². The lowest BCUT2D eigenvalue weighted by atomic mass is 10.0. The van der Waals surface area contributed by atoms with Crippen molar-refractivity contribution in [3.8, 4) is 28.8 Å². The first-order valence-corrected chi connectivity index (χ1v) is 7.75. The van der Waals surface area contributed by atoms with Gasteiger partial charge in [-0.15, -0.1) is 0 Å². The minimum absolute atomic E-state index is 0.115. The SMILES string of the molecule is COc1cc2c(cc1OC)-c1[nH]c3ccc(C#N)cc3c1CC(=O)N2. The van der Waals surface area contributed by atoms with Crippen molar-refractivity contribution in [1.82, 2.24) is 4.98 Å². The summed E-state index contributed by atoms with van der Waals surface area (Å²) in [4.78, 5) is 15.8. The van der Waals surface area contributed by atoms with Gasteiger partial charge in [0, 0.05) is 22.5 Å². The van der Waals surface area contributed by atoms with Crippen molar-refractivity contribution in [2.24, 2.45) is 0 Å². The average molecular weight is 333 g/mol. The number of fused-ring (bicyclic) bond motifs is 5. The van der Waals surface area contributed by atoms with Crippen LogP contribution in [0.3, 0.4) is 0 Å². The van der Waals surface area contributed by atoms with Gasteiger partial charge in [0.2, 0.25) is 5.91 Å². The number of carbonyl (C=O) groups is 1. The monoisotopic (exact) mass is 333 g/mol. The van der Waals surface area contributed by atoms with Gasteiger partial charge in [-0.1, -0.05) is 0 Å². The van der Waals surface area contributed by atoms with Crippen LogP contribution in [0.2, 0.25) is 0 Å². The summed E-state index contributed by atoms with van der Waals surface area (Å²) in [5.74, 6) is 1.02. The molecule has 0 atom stereocenters. The molecular formula is C19H15N3O3. The molecule has 0 radical (unpaired) electrons. The summed E-state index contributed by atoms with van der Waals surface area (Å²) in [5.41, 5.74) is 4.66. The highest BCUT2D eigenvalue weighted by Gasteiger charge is 2.25. The third-order valence-corrected chi connectivity index (χ3v) is 4.44. The van der Waals surface area contributed by atoms with Gasteiger partial charge in [0.15, 0.2) is 11.5 Å². The number of H-pyrrole nitrogens is 1. The van der Waals surface area contributed by atoms with Crippen molar-refractivity contribution in [1.29, 1.82) is 5.26 Å². The van der Waals surface area contributed by atoms with Crippen molar-refractivity contribution in [3.63, 3.8) is 0 Å². The molecule has 2 aromatic carbocycles. The molecule has 0 fully saturated rings. The van der Waals surface area contributed by atoms with E-state index in [1.807, 2.05) is 18.2 Å². The Bertz CT molecular complexity index is 1060. The van der Waals surface area contributed by atoms with Crippen LogP contribution in [0.1, 0.15) is 11.1 Å². The zero-order chi connectivity index (χ0) is 17.6. The molecule has 1 aliphatic heterocycles. The summed E-state index contributed by atoms with van der Waals surface area (Å²) in [6.45, 7) is 0. The highest BCUT2D eigenvalue weighted by atomic mass is 16.5. The smallest absolute Gasteiger partial charge is 0.228 e. The molecule has 0 spiro atoms.